The maximum absolute atomic E-state index is 6.15. The first-order valence-electron chi connectivity index (χ1n) is 7.10. The van der Waals surface area contributed by atoms with E-state index in [0.717, 1.165) is 42.0 Å². The Morgan fingerprint density at radius 2 is 2.21 bits per heavy atom. The number of rotatable bonds is 3. The van der Waals surface area contributed by atoms with Crippen LogP contribution in [-0.4, -0.2) is 32.8 Å². The molecule has 1 saturated carbocycles. The molecule has 1 heterocycles. The number of hydrogen-bond donors (Lipinski definition) is 1. The average Bonchev–Trinajstić information content (AvgIpc) is 3.24. The largest absolute Gasteiger partial charge is 0.495 e. The zero-order chi connectivity index (χ0) is 13.2. The topological polar surface area (TPSA) is 24.5 Å². The molecule has 19 heavy (non-hydrogen) atoms. The number of hydrogen-bond acceptors (Lipinski definition) is 3. The molecule has 0 radical (unpaired) electrons. The fourth-order valence-corrected chi connectivity index (χ4v) is 3.06. The van der Waals surface area contributed by atoms with Gasteiger partial charge >= 0.3 is 0 Å². The highest BCUT2D eigenvalue weighted by molar-refractivity contribution is 6.30. The lowest BCUT2D eigenvalue weighted by Crippen LogP contribution is -2.39. The van der Waals surface area contributed by atoms with Crippen molar-refractivity contribution in [1.29, 1.82) is 0 Å². The second kappa shape index (κ2) is 5.59. The summed E-state index contributed by atoms with van der Waals surface area (Å²) in [7, 11) is 1.72. The van der Waals surface area contributed by atoms with Gasteiger partial charge in [-0.3, -0.25) is 0 Å². The van der Waals surface area contributed by atoms with Crippen LogP contribution in [-0.2, 0) is 0 Å². The summed E-state index contributed by atoms with van der Waals surface area (Å²) in [5.41, 5.74) is 1.13. The molecule has 0 bridgehead atoms. The van der Waals surface area contributed by atoms with E-state index in [1.807, 2.05) is 18.2 Å². The summed E-state index contributed by atoms with van der Waals surface area (Å²) < 4.78 is 5.48. The van der Waals surface area contributed by atoms with Gasteiger partial charge in [0.15, 0.2) is 0 Å². The molecule has 1 saturated heterocycles. The van der Waals surface area contributed by atoms with Gasteiger partial charge in [-0.1, -0.05) is 11.6 Å². The summed E-state index contributed by atoms with van der Waals surface area (Å²) in [5.74, 6) is 1.78. The Kier molecular flexibility index (Phi) is 3.85. The predicted octanol–water partition coefficient (Wildman–Crippen LogP) is 2.93. The maximum Gasteiger partial charge on any atom is 0.142 e. The van der Waals surface area contributed by atoms with Gasteiger partial charge in [0.1, 0.15) is 5.75 Å². The summed E-state index contributed by atoms with van der Waals surface area (Å²) in [4.78, 5) is 2.42. The van der Waals surface area contributed by atoms with Crippen LogP contribution < -0.4 is 15.0 Å². The quantitative estimate of drug-likeness (QED) is 0.921. The van der Waals surface area contributed by atoms with Crippen molar-refractivity contribution in [3.05, 3.63) is 23.2 Å². The Hall–Kier alpha value is -0.930. The van der Waals surface area contributed by atoms with Crippen molar-refractivity contribution in [2.24, 2.45) is 5.92 Å². The molecule has 0 amide bonds. The highest BCUT2D eigenvalue weighted by Crippen LogP contribution is 2.36. The monoisotopic (exact) mass is 280 g/mol. The SMILES string of the molecule is COc1ccc(Cl)cc1N1CCCNC(C2CC2)C1. The fraction of sp³-hybridized carbons (Fsp3) is 0.600. The van der Waals surface area contributed by atoms with E-state index in [4.69, 9.17) is 16.3 Å². The summed E-state index contributed by atoms with van der Waals surface area (Å²) in [6, 6.07) is 6.49. The molecule has 104 valence electrons. The Morgan fingerprint density at radius 3 is 2.95 bits per heavy atom. The van der Waals surface area contributed by atoms with E-state index in [2.05, 4.69) is 10.2 Å². The number of methoxy groups -OCH3 is 1. The molecule has 3 nitrogen and oxygen atoms in total. The number of anilines is 1. The van der Waals surface area contributed by atoms with Crippen LogP contribution in [0.4, 0.5) is 5.69 Å². The fourth-order valence-electron chi connectivity index (χ4n) is 2.89. The lowest BCUT2D eigenvalue weighted by molar-refractivity contribution is 0.413. The lowest BCUT2D eigenvalue weighted by Gasteiger charge is -2.28. The molecule has 1 aliphatic heterocycles. The van der Waals surface area contributed by atoms with Crippen LogP contribution in [0.2, 0.25) is 5.02 Å². The van der Waals surface area contributed by atoms with Crippen molar-refractivity contribution in [3.8, 4) is 5.75 Å². The Balaban J connectivity index is 1.84. The van der Waals surface area contributed by atoms with Crippen LogP contribution in [0.25, 0.3) is 0 Å². The standard InChI is InChI=1S/C15H21ClN2O/c1-19-15-6-5-12(16)9-14(15)18-8-2-7-17-13(10-18)11-3-4-11/h5-6,9,11,13,17H,2-4,7-8,10H2,1H3. The van der Waals surface area contributed by atoms with Gasteiger partial charge < -0.3 is 15.0 Å². The van der Waals surface area contributed by atoms with Crippen LogP contribution in [0.15, 0.2) is 18.2 Å². The highest BCUT2D eigenvalue weighted by atomic mass is 35.5. The summed E-state index contributed by atoms with van der Waals surface area (Å²) >= 11 is 6.15. The van der Waals surface area contributed by atoms with E-state index >= 15 is 0 Å². The van der Waals surface area contributed by atoms with Gasteiger partial charge in [-0.15, -0.1) is 0 Å². The second-order valence-electron chi connectivity index (χ2n) is 5.51. The Morgan fingerprint density at radius 1 is 1.37 bits per heavy atom. The lowest BCUT2D eigenvalue weighted by atomic mass is 10.1. The predicted molar refractivity (Wildman–Crippen MR) is 79.3 cm³/mol. The number of benzene rings is 1. The van der Waals surface area contributed by atoms with Gasteiger partial charge in [0.05, 0.1) is 12.8 Å². The first-order chi connectivity index (χ1) is 9.28. The molecule has 1 N–H and O–H groups in total. The van der Waals surface area contributed by atoms with Gasteiger partial charge in [-0.25, -0.2) is 0 Å². The van der Waals surface area contributed by atoms with Crippen LogP contribution in [0.5, 0.6) is 5.75 Å². The minimum absolute atomic E-state index is 0.617. The van der Waals surface area contributed by atoms with Crippen LogP contribution in [0.1, 0.15) is 19.3 Å². The first-order valence-corrected chi connectivity index (χ1v) is 7.47. The van der Waals surface area contributed by atoms with Gasteiger partial charge in [0.2, 0.25) is 0 Å². The first kappa shape index (κ1) is 13.1. The third-order valence-corrected chi connectivity index (χ3v) is 4.34. The number of nitrogens with one attached hydrogen (secondary N) is 1. The van der Waals surface area contributed by atoms with Crippen molar-refractivity contribution in [2.75, 3.05) is 31.6 Å². The zero-order valence-corrected chi connectivity index (χ0v) is 12.1. The van der Waals surface area contributed by atoms with E-state index in [9.17, 15) is 0 Å². The van der Waals surface area contributed by atoms with E-state index in [-0.39, 0.29) is 0 Å². The number of nitrogens with zero attached hydrogens (tertiary/aromatic N) is 1. The van der Waals surface area contributed by atoms with Crippen LogP contribution >= 0.6 is 11.6 Å². The van der Waals surface area contributed by atoms with Crippen molar-refractivity contribution in [2.45, 2.75) is 25.3 Å². The summed E-state index contributed by atoms with van der Waals surface area (Å²) in [6.07, 6.45) is 3.91. The van der Waals surface area contributed by atoms with Gasteiger partial charge in [0, 0.05) is 24.2 Å². The minimum Gasteiger partial charge on any atom is -0.495 e. The van der Waals surface area contributed by atoms with E-state index in [1.165, 1.54) is 19.3 Å². The van der Waals surface area contributed by atoms with Crippen molar-refractivity contribution < 1.29 is 4.74 Å². The third kappa shape index (κ3) is 2.98. The molecule has 1 unspecified atom stereocenters. The number of halogens is 1. The van der Waals surface area contributed by atoms with Gasteiger partial charge in [0.25, 0.3) is 0 Å². The summed E-state index contributed by atoms with van der Waals surface area (Å²) in [5, 5.41) is 4.45. The molecule has 0 aromatic heterocycles. The van der Waals surface area contributed by atoms with Crippen LogP contribution in [0, 0.1) is 5.92 Å². The molecule has 1 aromatic carbocycles. The summed E-state index contributed by atoms with van der Waals surface area (Å²) in [6.45, 7) is 3.23. The van der Waals surface area contributed by atoms with Gasteiger partial charge in [-0.05, 0) is 49.9 Å². The molecule has 4 heteroatoms. The third-order valence-electron chi connectivity index (χ3n) is 4.10. The van der Waals surface area contributed by atoms with E-state index < -0.39 is 0 Å². The van der Waals surface area contributed by atoms with E-state index in [0.29, 0.717) is 6.04 Å². The highest BCUT2D eigenvalue weighted by Gasteiger charge is 2.33. The molecule has 2 aliphatic rings. The van der Waals surface area contributed by atoms with E-state index in [1.54, 1.807) is 7.11 Å². The molecule has 3 rings (SSSR count). The van der Waals surface area contributed by atoms with Crippen molar-refractivity contribution in [3.63, 3.8) is 0 Å². The molecular weight excluding hydrogens is 260 g/mol. The molecular formula is C15H21ClN2O. The van der Waals surface area contributed by atoms with Gasteiger partial charge in [-0.2, -0.15) is 0 Å². The molecule has 1 atom stereocenters. The van der Waals surface area contributed by atoms with Crippen LogP contribution in [0.3, 0.4) is 0 Å². The average molecular weight is 281 g/mol. The smallest absolute Gasteiger partial charge is 0.142 e. The molecule has 0 spiro atoms. The number of ether oxygens (including phenoxy) is 1. The van der Waals surface area contributed by atoms with Crippen molar-refractivity contribution >= 4 is 17.3 Å². The molecule has 1 aromatic rings. The normalized spacial score (nSPS) is 24.1. The Labute approximate surface area is 119 Å². The zero-order valence-electron chi connectivity index (χ0n) is 11.4. The molecule has 2 fully saturated rings. The molecule has 1 aliphatic carbocycles. The minimum atomic E-state index is 0.617. The second-order valence-corrected chi connectivity index (χ2v) is 5.95. The van der Waals surface area contributed by atoms with Crippen molar-refractivity contribution in [1.82, 2.24) is 5.32 Å². The Bertz CT molecular complexity index is 448. The maximum atomic E-state index is 6.15.